The van der Waals surface area contributed by atoms with E-state index < -0.39 is 11.4 Å². The lowest BCUT2D eigenvalue weighted by atomic mass is 9.62. The molecule has 1 aliphatic carbocycles. The number of ether oxygens (including phenoxy) is 2. The maximum Gasteiger partial charge on any atom is 0.337 e. The molecule has 210 valence electrons. The SMILES string of the molecule is C=CN=C(/C=C\C)COC(=O)C1=C(C)NC2=C(C(=O)C[C@H](c3ccccc3OC)C2)C1(C)c1cccc2[nH]ccc12. The fourth-order valence-electron chi connectivity index (χ4n) is 6.42. The third-order valence-corrected chi connectivity index (χ3v) is 8.06. The van der Waals surface area contributed by atoms with Crippen molar-refractivity contribution in [3.8, 4) is 5.75 Å². The van der Waals surface area contributed by atoms with Crippen molar-refractivity contribution in [3.63, 3.8) is 0 Å². The van der Waals surface area contributed by atoms with E-state index in [-0.39, 0.29) is 18.3 Å². The Bertz CT molecular complexity index is 1650. The number of fused-ring (bicyclic) bond motifs is 1. The summed E-state index contributed by atoms with van der Waals surface area (Å²) in [5.74, 6) is 0.194. The molecule has 0 saturated heterocycles. The van der Waals surface area contributed by atoms with E-state index in [9.17, 15) is 9.59 Å². The molecule has 0 saturated carbocycles. The van der Waals surface area contributed by atoms with Crippen LogP contribution in [0.2, 0.25) is 0 Å². The number of nitrogens with one attached hydrogen (secondary N) is 2. The van der Waals surface area contributed by atoms with Gasteiger partial charge in [-0.3, -0.25) is 9.79 Å². The minimum atomic E-state index is -1.05. The number of aromatic amines is 1. The first-order valence-corrected chi connectivity index (χ1v) is 13.8. The highest BCUT2D eigenvalue weighted by molar-refractivity contribution is 6.08. The maximum absolute atomic E-state index is 14.2. The van der Waals surface area contributed by atoms with Crippen LogP contribution in [0.4, 0.5) is 0 Å². The molecule has 2 aliphatic rings. The van der Waals surface area contributed by atoms with Gasteiger partial charge in [0.1, 0.15) is 12.4 Å². The zero-order valence-electron chi connectivity index (χ0n) is 23.9. The Labute approximate surface area is 240 Å². The largest absolute Gasteiger partial charge is 0.496 e. The van der Waals surface area contributed by atoms with E-state index in [0.29, 0.717) is 35.4 Å². The van der Waals surface area contributed by atoms with Crippen LogP contribution in [0.15, 0.2) is 107 Å². The van der Waals surface area contributed by atoms with Crippen LogP contribution in [0.1, 0.15) is 50.7 Å². The number of aromatic nitrogens is 1. The van der Waals surface area contributed by atoms with Crippen molar-refractivity contribution in [3.05, 3.63) is 113 Å². The molecule has 1 aromatic heterocycles. The number of ketones is 1. The van der Waals surface area contributed by atoms with Gasteiger partial charge < -0.3 is 19.8 Å². The first kappa shape index (κ1) is 27.9. The summed E-state index contributed by atoms with van der Waals surface area (Å²) in [6, 6.07) is 15.8. The van der Waals surface area contributed by atoms with Crippen molar-refractivity contribution in [2.75, 3.05) is 13.7 Å². The van der Waals surface area contributed by atoms with Crippen molar-refractivity contribution < 1.29 is 19.1 Å². The van der Waals surface area contributed by atoms with Gasteiger partial charge in [-0.2, -0.15) is 0 Å². The summed E-state index contributed by atoms with van der Waals surface area (Å²) in [5.41, 5.74) is 4.80. The average Bonchev–Trinajstić information content (AvgIpc) is 3.44. The molecule has 1 aliphatic heterocycles. The second-order valence-corrected chi connectivity index (χ2v) is 10.5. The molecule has 7 nitrogen and oxygen atoms in total. The fraction of sp³-hybridized carbons (Fsp3) is 0.265. The first-order chi connectivity index (χ1) is 19.8. The normalized spacial score (nSPS) is 21.2. The summed E-state index contributed by atoms with van der Waals surface area (Å²) in [5, 5.41) is 4.40. The Kier molecular flexibility index (Phi) is 7.79. The summed E-state index contributed by atoms with van der Waals surface area (Å²) in [6.45, 7) is 9.34. The standard InChI is InChI=1S/C34H35N3O4/c1-6-11-23(35-7-2)20-41-33(39)31-21(3)37-28-18-22(24-12-8-9-15-30(24)40-5)19-29(38)32(28)34(31,4)26-13-10-14-27-25(26)16-17-36-27/h6-17,22,36-37H,2,18-20H2,1,3-5H3/b11-6-,35-23?/t22-,34?/m1/s1. The Morgan fingerprint density at radius 3 is 2.73 bits per heavy atom. The van der Waals surface area contributed by atoms with Crippen LogP contribution in [0.3, 0.4) is 0 Å². The van der Waals surface area contributed by atoms with Crippen molar-refractivity contribution in [1.82, 2.24) is 10.3 Å². The number of Topliss-reactive ketones (excluding diaryl/α,β-unsaturated/α-hetero) is 1. The van der Waals surface area contributed by atoms with E-state index >= 15 is 0 Å². The third-order valence-electron chi connectivity index (χ3n) is 8.06. The molecule has 2 aromatic carbocycles. The zero-order valence-corrected chi connectivity index (χ0v) is 23.9. The molecular weight excluding hydrogens is 514 g/mol. The number of H-pyrrole nitrogens is 1. The van der Waals surface area contributed by atoms with E-state index in [0.717, 1.165) is 33.5 Å². The smallest absolute Gasteiger partial charge is 0.337 e. The molecule has 7 heteroatoms. The Morgan fingerprint density at radius 2 is 1.98 bits per heavy atom. The lowest BCUT2D eigenvalue weighted by molar-refractivity contribution is -0.138. The van der Waals surface area contributed by atoms with Crippen molar-refractivity contribution >= 4 is 28.4 Å². The summed E-state index contributed by atoms with van der Waals surface area (Å²) < 4.78 is 11.5. The number of nitrogens with zero attached hydrogens (tertiary/aromatic N) is 1. The molecule has 2 N–H and O–H groups in total. The van der Waals surface area contributed by atoms with Gasteiger partial charge in [-0.1, -0.05) is 43.0 Å². The Morgan fingerprint density at radius 1 is 1.17 bits per heavy atom. The highest BCUT2D eigenvalue weighted by Gasteiger charge is 2.50. The van der Waals surface area contributed by atoms with Crippen molar-refractivity contribution in [2.24, 2.45) is 4.99 Å². The van der Waals surface area contributed by atoms with Gasteiger partial charge in [0.05, 0.1) is 23.8 Å². The molecule has 2 heterocycles. The number of allylic oxidation sites excluding steroid dienone is 4. The third kappa shape index (κ3) is 4.92. The second-order valence-electron chi connectivity index (χ2n) is 10.5. The van der Waals surface area contributed by atoms with Gasteiger partial charge in [0.2, 0.25) is 0 Å². The highest BCUT2D eigenvalue weighted by Crippen LogP contribution is 2.51. The van der Waals surface area contributed by atoms with Crippen molar-refractivity contribution in [1.29, 1.82) is 0 Å². The molecule has 1 unspecified atom stereocenters. The minimum Gasteiger partial charge on any atom is -0.496 e. The van der Waals surface area contributed by atoms with Crippen LogP contribution in [0.25, 0.3) is 10.9 Å². The number of para-hydroxylation sites is 1. The van der Waals surface area contributed by atoms with Crippen LogP contribution in [0.5, 0.6) is 5.75 Å². The number of aliphatic imine (C=N–C) groups is 1. The van der Waals surface area contributed by atoms with Crippen LogP contribution in [-0.4, -0.2) is 36.2 Å². The van der Waals surface area contributed by atoms with E-state index in [1.807, 2.05) is 81.6 Å². The summed E-state index contributed by atoms with van der Waals surface area (Å²) >= 11 is 0. The molecule has 5 rings (SSSR count). The Hall–Kier alpha value is -4.65. The van der Waals surface area contributed by atoms with E-state index in [1.165, 1.54) is 6.20 Å². The molecule has 0 amide bonds. The molecule has 0 radical (unpaired) electrons. The van der Waals surface area contributed by atoms with Crippen LogP contribution >= 0.6 is 0 Å². The molecule has 0 fully saturated rings. The van der Waals surface area contributed by atoms with Gasteiger partial charge in [-0.25, -0.2) is 4.79 Å². The summed E-state index contributed by atoms with van der Waals surface area (Å²) in [6.07, 6.45) is 7.81. The van der Waals surface area contributed by atoms with Crippen LogP contribution in [-0.2, 0) is 19.7 Å². The predicted molar refractivity (Wildman–Crippen MR) is 162 cm³/mol. The molecular formula is C34H35N3O4. The quantitative estimate of drug-likeness (QED) is 0.250. The number of esters is 1. The molecule has 0 bridgehead atoms. The number of rotatable bonds is 8. The fourth-order valence-corrected chi connectivity index (χ4v) is 6.42. The number of benzene rings is 2. The molecule has 41 heavy (non-hydrogen) atoms. The topological polar surface area (TPSA) is 92.8 Å². The van der Waals surface area contributed by atoms with Gasteiger partial charge in [0.25, 0.3) is 0 Å². The highest BCUT2D eigenvalue weighted by atomic mass is 16.5. The first-order valence-electron chi connectivity index (χ1n) is 13.8. The molecule has 3 aromatic rings. The van der Waals surface area contributed by atoms with Gasteiger partial charge in [-0.05, 0) is 62.6 Å². The van der Waals surface area contributed by atoms with Gasteiger partial charge >= 0.3 is 5.97 Å². The average molecular weight is 550 g/mol. The summed E-state index contributed by atoms with van der Waals surface area (Å²) in [4.78, 5) is 35.7. The number of hydrogen-bond donors (Lipinski definition) is 2. The zero-order chi connectivity index (χ0) is 29.1. The minimum absolute atomic E-state index is 0.00896. The van der Waals surface area contributed by atoms with E-state index in [4.69, 9.17) is 9.47 Å². The van der Waals surface area contributed by atoms with E-state index in [2.05, 4.69) is 21.9 Å². The lowest BCUT2D eigenvalue weighted by Gasteiger charge is -2.43. The molecule has 2 atom stereocenters. The monoisotopic (exact) mass is 549 g/mol. The number of dihydropyridines is 1. The van der Waals surface area contributed by atoms with E-state index in [1.54, 1.807) is 13.2 Å². The Balaban J connectivity index is 1.64. The van der Waals surface area contributed by atoms with Gasteiger partial charge in [0.15, 0.2) is 5.78 Å². The van der Waals surface area contributed by atoms with Crippen molar-refractivity contribution in [2.45, 2.75) is 44.9 Å². The van der Waals surface area contributed by atoms with Crippen LogP contribution in [0, 0.1) is 0 Å². The molecule has 0 spiro atoms. The number of methoxy groups -OCH3 is 1. The lowest BCUT2D eigenvalue weighted by Crippen LogP contribution is -2.45. The number of carbonyl (C=O) groups is 2. The second kappa shape index (κ2) is 11.5. The number of carbonyl (C=O) groups excluding carboxylic acids is 2. The number of hydrogen-bond acceptors (Lipinski definition) is 6. The van der Waals surface area contributed by atoms with Gasteiger partial charge in [-0.15, -0.1) is 0 Å². The summed E-state index contributed by atoms with van der Waals surface area (Å²) in [7, 11) is 1.65. The predicted octanol–water partition coefficient (Wildman–Crippen LogP) is 6.42. The van der Waals surface area contributed by atoms with Gasteiger partial charge in [0, 0.05) is 52.6 Å². The van der Waals surface area contributed by atoms with Crippen LogP contribution < -0.4 is 10.1 Å². The maximum atomic E-state index is 14.2.